The van der Waals surface area contributed by atoms with E-state index in [0.29, 0.717) is 0 Å². The lowest BCUT2D eigenvalue weighted by atomic mass is 9.89. The normalized spacial score (nSPS) is 27.7. The van der Waals surface area contributed by atoms with Crippen LogP contribution in [0.3, 0.4) is 0 Å². The van der Waals surface area contributed by atoms with Crippen LogP contribution in [-0.4, -0.2) is 87.3 Å². The van der Waals surface area contributed by atoms with Crippen molar-refractivity contribution in [1.82, 2.24) is 10.2 Å². The van der Waals surface area contributed by atoms with E-state index in [1.165, 1.54) is 6.92 Å². The minimum absolute atomic E-state index is 0.0152. The number of amides is 2. The number of nitrogens with zero attached hydrogens (tertiary/aromatic N) is 1. The highest BCUT2D eigenvalue weighted by Crippen LogP contribution is 2.32. The molecule has 5 atom stereocenters. The van der Waals surface area contributed by atoms with Gasteiger partial charge in [-0.2, -0.15) is 0 Å². The van der Waals surface area contributed by atoms with Crippen LogP contribution < -0.4 is 11.1 Å². The molecule has 2 aliphatic carbocycles. The molecule has 0 aromatic carbocycles. The van der Waals surface area contributed by atoms with Crippen LogP contribution in [0.1, 0.15) is 71.1 Å². The Hall–Kier alpha value is -2.37. The minimum atomic E-state index is -1.58. The lowest BCUT2D eigenvalue weighted by Crippen LogP contribution is -2.63. The zero-order valence-electron chi connectivity index (χ0n) is 20.3. The van der Waals surface area contributed by atoms with Gasteiger partial charge < -0.3 is 40.7 Å². The predicted molar refractivity (Wildman–Crippen MR) is 125 cm³/mol. The van der Waals surface area contributed by atoms with Gasteiger partial charge in [0.25, 0.3) is 0 Å². The SMILES string of the molecule is CC(=O)N[C@H]1[C@H]([C@H](OC(=O)N(C2CCCCC2)C2CCCCC2)[C@H](O)CO)OC(C(=O)O)=C[C@@H]1N. The van der Waals surface area contributed by atoms with Gasteiger partial charge in [0.05, 0.1) is 18.7 Å². The molecule has 3 aliphatic rings. The molecule has 0 unspecified atom stereocenters. The van der Waals surface area contributed by atoms with Gasteiger partial charge >= 0.3 is 12.1 Å². The van der Waals surface area contributed by atoms with Crippen molar-refractivity contribution in [3.63, 3.8) is 0 Å². The maximum Gasteiger partial charge on any atom is 0.410 e. The Labute approximate surface area is 205 Å². The van der Waals surface area contributed by atoms with Crippen molar-refractivity contribution in [3.05, 3.63) is 11.8 Å². The Kier molecular flexibility index (Phi) is 9.76. The summed E-state index contributed by atoms with van der Waals surface area (Å²) in [6.45, 7) is 0.496. The highest BCUT2D eigenvalue weighted by atomic mass is 16.6. The monoisotopic (exact) mass is 497 g/mol. The van der Waals surface area contributed by atoms with Gasteiger partial charge in [0.1, 0.15) is 6.10 Å². The van der Waals surface area contributed by atoms with Gasteiger partial charge in [0.2, 0.25) is 11.7 Å². The maximum absolute atomic E-state index is 13.6. The smallest absolute Gasteiger partial charge is 0.410 e. The Balaban J connectivity index is 1.89. The first kappa shape index (κ1) is 27.2. The van der Waals surface area contributed by atoms with Crippen LogP contribution in [0.4, 0.5) is 4.79 Å². The number of carboxylic acid groups (broad SMARTS) is 1. The highest BCUT2D eigenvalue weighted by Gasteiger charge is 2.46. The van der Waals surface area contributed by atoms with Gasteiger partial charge in [-0.3, -0.25) is 4.79 Å². The van der Waals surface area contributed by atoms with Crippen molar-refractivity contribution in [2.24, 2.45) is 5.73 Å². The third kappa shape index (κ3) is 6.86. The number of aliphatic carboxylic acids is 1. The Morgan fingerprint density at radius 1 is 1.11 bits per heavy atom. The lowest BCUT2D eigenvalue weighted by molar-refractivity contribution is -0.147. The number of nitrogens with two attached hydrogens (primary N) is 1. The second kappa shape index (κ2) is 12.5. The summed E-state index contributed by atoms with van der Waals surface area (Å²) in [5, 5.41) is 32.4. The van der Waals surface area contributed by atoms with Gasteiger partial charge in [-0.15, -0.1) is 0 Å². The minimum Gasteiger partial charge on any atom is -0.477 e. The maximum atomic E-state index is 13.6. The van der Waals surface area contributed by atoms with Crippen molar-refractivity contribution >= 4 is 18.0 Å². The summed E-state index contributed by atoms with van der Waals surface area (Å²) < 4.78 is 11.4. The Morgan fingerprint density at radius 2 is 1.66 bits per heavy atom. The van der Waals surface area contributed by atoms with E-state index in [2.05, 4.69) is 5.32 Å². The van der Waals surface area contributed by atoms with E-state index in [9.17, 15) is 29.7 Å². The molecule has 0 radical (unpaired) electrons. The average Bonchev–Trinajstić information content (AvgIpc) is 2.84. The molecule has 2 fully saturated rings. The van der Waals surface area contributed by atoms with Crippen LogP contribution in [0.5, 0.6) is 0 Å². The fraction of sp³-hybridized carbons (Fsp3) is 0.792. The second-order valence-electron chi connectivity index (χ2n) is 9.81. The summed E-state index contributed by atoms with van der Waals surface area (Å²) in [5.41, 5.74) is 6.12. The molecular weight excluding hydrogens is 458 g/mol. The van der Waals surface area contributed by atoms with E-state index in [1.807, 2.05) is 0 Å². The first-order valence-electron chi connectivity index (χ1n) is 12.6. The van der Waals surface area contributed by atoms with Crippen molar-refractivity contribution in [1.29, 1.82) is 0 Å². The molecule has 0 spiro atoms. The van der Waals surface area contributed by atoms with Crippen LogP contribution in [0.15, 0.2) is 11.8 Å². The molecule has 2 amide bonds. The Morgan fingerprint density at radius 3 is 2.11 bits per heavy atom. The fourth-order valence-electron chi connectivity index (χ4n) is 5.52. The number of nitrogens with one attached hydrogen (secondary N) is 1. The molecule has 0 bridgehead atoms. The Bertz CT molecular complexity index is 761. The molecule has 198 valence electrons. The van der Waals surface area contributed by atoms with Gasteiger partial charge in [0, 0.05) is 19.0 Å². The van der Waals surface area contributed by atoms with Crippen LogP contribution >= 0.6 is 0 Å². The van der Waals surface area contributed by atoms with Gasteiger partial charge in [-0.1, -0.05) is 38.5 Å². The largest absolute Gasteiger partial charge is 0.477 e. The van der Waals surface area contributed by atoms with Gasteiger partial charge in [-0.05, 0) is 31.8 Å². The van der Waals surface area contributed by atoms with Crippen LogP contribution in [0.2, 0.25) is 0 Å². The number of carbonyl (C=O) groups excluding carboxylic acids is 2. The number of hydrogen-bond donors (Lipinski definition) is 5. The summed E-state index contributed by atoms with van der Waals surface area (Å²) >= 11 is 0. The molecule has 2 saturated carbocycles. The number of hydrogen-bond acceptors (Lipinski definition) is 8. The van der Waals surface area contributed by atoms with E-state index in [-0.39, 0.29) is 12.1 Å². The number of carbonyl (C=O) groups is 3. The van der Waals surface area contributed by atoms with E-state index < -0.39 is 60.7 Å². The lowest BCUT2D eigenvalue weighted by Gasteiger charge is -2.44. The summed E-state index contributed by atoms with van der Waals surface area (Å²) in [7, 11) is 0. The third-order valence-electron chi connectivity index (χ3n) is 7.23. The van der Waals surface area contributed by atoms with Crippen molar-refractivity contribution in [3.8, 4) is 0 Å². The predicted octanol–water partition coefficient (Wildman–Crippen LogP) is 1.01. The van der Waals surface area contributed by atoms with Crippen LogP contribution in [-0.2, 0) is 19.1 Å². The van der Waals surface area contributed by atoms with Gasteiger partial charge in [0.15, 0.2) is 12.2 Å². The average molecular weight is 498 g/mol. The van der Waals surface area contributed by atoms with Crippen LogP contribution in [0.25, 0.3) is 0 Å². The highest BCUT2D eigenvalue weighted by molar-refractivity contribution is 5.84. The number of rotatable bonds is 8. The van der Waals surface area contributed by atoms with E-state index in [4.69, 9.17) is 15.2 Å². The zero-order chi connectivity index (χ0) is 25.5. The molecular formula is C24H39N3O8. The number of ether oxygens (including phenoxy) is 2. The summed E-state index contributed by atoms with van der Waals surface area (Å²) in [4.78, 5) is 38.9. The van der Waals surface area contributed by atoms with Crippen LogP contribution in [0, 0.1) is 0 Å². The number of aliphatic hydroxyl groups excluding tert-OH is 2. The summed E-state index contributed by atoms with van der Waals surface area (Å²) in [5.74, 6) is -2.33. The fourth-order valence-corrected chi connectivity index (χ4v) is 5.52. The van der Waals surface area contributed by atoms with Gasteiger partial charge in [-0.25, -0.2) is 9.59 Å². The molecule has 6 N–H and O–H groups in total. The molecule has 3 rings (SSSR count). The molecule has 0 aromatic rings. The quantitative estimate of drug-likeness (QED) is 0.328. The first-order chi connectivity index (χ1) is 16.7. The molecule has 1 aliphatic heterocycles. The van der Waals surface area contributed by atoms with E-state index in [1.54, 1.807) is 4.90 Å². The number of aliphatic hydroxyl groups is 2. The molecule has 35 heavy (non-hydrogen) atoms. The summed E-state index contributed by atoms with van der Waals surface area (Å²) in [6, 6.07) is -1.95. The zero-order valence-corrected chi connectivity index (χ0v) is 20.3. The van der Waals surface area contributed by atoms with Crippen molar-refractivity contribution in [2.45, 2.75) is 114 Å². The van der Waals surface area contributed by atoms with Crippen molar-refractivity contribution < 1.29 is 39.2 Å². The van der Waals surface area contributed by atoms with E-state index in [0.717, 1.165) is 70.3 Å². The molecule has 1 heterocycles. The second-order valence-corrected chi connectivity index (χ2v) is 9.81. The topological polar surface area (TPSA) is 172 Å². The first-order valence-corrected chi connectivity index (χ1v) is 12.6. The van der Waals surface area contributed by atoms with E-state index >= 15 is 0 Å². The summed E-state index contributed by atoms with van der Waals surface area (Å²) in [6.07, 6.45) is 5.91. The third-order valence-corrected chi connectivity index (χ3v) is 7.23. The van der Waals surface area contributed by atoms with Crippen molar-refractivity contribution in [2.75, 3.05) is 6.61 Å². The molecule has 11 heteroatoms. The molecule has 0 saturated heterocycles. The number of carboxylic acids is 1. The standard InChI is InChI=1S/C24H39N3O8/c1-14(29)26-20-17(25)12-19(23(31)32)34-22(20)21(18(30)13-28)35-24(33)27(15-8-4-2-5-9-15)16-10-6-3-7-11-16/h12,15-18,20-22,28,30H,2-11,13,25H2,1H3,(H,26,29)(H,31,32)/t17-,18+,20+,21+,22+/m0/s1. The molecule has 0 aromatic heterocycles. The molecule has 11 nitrogen and oxygen atoms in total.